The number of likely N-dealkylation sites (N-methyl/N-ethyl adjacent to an activating group) is 1. The fraction of sp³-hybridized carbons (Fsp3) is 0.571. The molecule has 0 atom stereocenters. The molecular weight excluding hydrogens is 261 g/mol. The van der Waals surface area contributed by atoms with Crippen molar-refractivity contribution in [1.82, 2.24) is 9.88 Å². The average molecular weight is 279 g/mol. The number of carbonyl (C=O) groups is 1. The van der Waals surface area contributed by atoms with Gasteiger partial charge in [0.25, 0.3) is 0 Å². The van der Waals surface area contributed by atoms with Crippen LogP contribution in [0.3, 0.4) is 0 Å². The molecule has 2 fully saturated rings. The summed E-state index contributed by atoms with van der Waals surface area (Å²) in [6.45, 7) is 2.14. The number of aromatic nitrogens is 1. The van der Waals surface area contributed by atoms with Crippen LogP contribution in [-0.4, -0.2) is 54.7 Å². The van der Waals surface area contributed by atoms with E-state index in [9.17, 15) is 9.18 Å². The molecule has 2 saturated heterocycles. The second-order valence-corrected chi connectivity index (χ2v) is 5.52. The van der Waals surface area contributed by atoms with E-state index in [0.717, 1.165) is 12.8 Å². The van der Waals surface area contributed by atoms with Crippen LogP contribution in [0.15, 0.2) is 18.3 Å². The number of nitrogens with zero attached hydrogens (tertiary/aromatic N) is 3. The highest BCUT2D eigenvalue weighted by atomic mass is 19.1. The van der Waals surface area contributed by atoms with Crippen LogP contribution in [0.4, 0.5) is 10.2 Å². The number of ether oxygens (including phenoxy) is 1. The van der Waals surface area contributed by atoms with Gasteiger partial charge >= 0.3 is 0 Å². The Morgan fingerprint density at radius 1 is 1.40 bits per heavy atom. The number of rotatable bonds is 1. The van der Waals surface area contributed by atoms with Crippen molar-refractivity contribution in [3.8, 4) is 0 Å². The second kappa shape index (κ2) is 5.01. The third-order valence-electron chi connectivity index (χ3n) is 4.17. The minimum Gasteiger partial charge on any atom is -0.363 e. The predicted octanol–water partition coefficient (Wildman–Crippen LogP) is 1.05. The molecule has 0 unspecified atom stereocenters. The molecule has 20 heavy (non-hydrogen) atoms. The number of hydrogen-bond donors (Lipinski definition) is 0. The number of hydrogen-bond acceptors (Lipinski definition) is 4. The summed E-state index contributed by atoms with van der Waals surface area (Å²) in [7, 11) is 1.80. The first-order chi connectivity index (χ1) is 9.60. The third kappa shape index (κ3) is 2.35. The van der Waals surface area contributed by atoms with Gasteiger partial charge in [0.2, 0.25) is 5.91 Å². The van der Waals surface area contributed by atoms with E-state index in [2.05, 4.69) is 4.98 Å². The van der Waals surface area contributed by atoms with Gasteiger partial charge in [0.15, 0.2) is 11.6 Å². The molecule has 1 aromatic rings. The summed E-state index contributed by atoms with van der Waals surface area (Å²) in [6, 6.07) is 3.02. The summed E-state index contributed by atoms with van der Waals surface area (Å²) in [5, 5.41) is 0. The third-order valence-corrected chi connectivity index (χ3v) is 4.17. The van der Waals surface area contributed by atoms with Crippen LogP contribution in [0.25, 0.3) is 0 Å². The molecule has 0 aromatic carbocycles. The normalized spacial score (nSPS) is 22.4. The molecule has 1 spiro atoms. The Kier molecular flexibility index (Phi) is 3.33. The van der Waals surface area contributed by atoms with E-state index in [1.807, 2.05) is 4.90 Å². The van der Waals surface area contributed by atoms with Crippen molar-refractivity contribution < 1.29 is 13.9 Å². The molecule has 0 aliphatic carbocycles. The van der Waals surface area contributed by atoms with Crippen molar-refractivity contribution in [2.24, 2.45) is 0 Å². The van der Waals surface area contributed by atoms with Gasteiger partial charge in [0.1, 0.15) is 6.61 Å². The van der Waals surface area contributed by atoms with Crippen molar-refractivity contribution in [2.75, 3.05) is 38.2 Å². The van der Waals surface area contributed by atoms with Crippen molar-refractivity contribution >= 4 is 11.7 Å². The molecule has 5 nitrogen and oxygen atoms in total. The maximum absolute atomic E-state index is 13.7. The number of morpholine rings is 1. The summed E-state index contributed by atoms with van der Waals surface area (Å²) in [5.41, 5.74) is -0.273. The fourth-order valence-corrected chi connectivity index (χ4v) is 2.93. The van der Waals surface area contributed by atoms with Gasteiger partial charge in [-0.25, -0.2) is 9.37 Å². The zero-order valence-corrected chi connectivity index (χ0v) is 11.5. The monoisotopic (exact) mass is 279 g/mol. The molecule has 1 aromatic heterocycles. The Labute approximate surface area is 117 Å². The lowest BCUT2D eigenvalue weighted by Gasteiger charge is -2.46. The molecule has 3 heterocycles. The lowest BCUT2D eigenvalue weighted by Crippen LogP contribution is -2.57. The molecule has 0 radical (unpaired) electrons. The van der Waals surface area contributed by atoms with Crippen LogP contribution in [0.5, 0.6) is 0 Å². The Morgan fingerprint density at radius 3 is 2.80 bits per heavy atom. The summed E-state index contributed by atoms with van der Waals surface area (Å²) < 4.78 is 19.5. The molecule has 6 heteroatoms. The van der Waals surface area contributed by atoms with E-state index >= 15 is 0 Å². The Morgan fingerprint density at radius 2 is 2.15 bits per heavy atom. The molecule has 2 aliphatic rings. The summed E-state index contributed by atoms with van der Waals surface area (Å²) >= 11 is 0. The maximum atomic E-state index is 13.7. The fourth-order valence-electron chi connectivity index (χ4n) is 2.93. The Hall–Kier alpha value is -1.69. The summed E-state index contributed by atoms with van der Waals surface area (Å²) in [6.07, 6.45) is 3.16. The van der Waals surface area contributed by atoms with Crippen LogP contribution in [-0.2, 0) is 9.53 Å². The zero-order valence-electron chi connectivity index (χ0n) is 11.5. The van der Waals surface area contributed by atoms with E-state index in [1.54, 1.807) is 24.2 Å². The van der Waals surface area contributed by atoms with Gasteiger partial charge in [0.05, 0.1) is 5.60 Å². The smallest absolute Gasteiger partial charge is 0.248 e. The van der Waals surface area contributed by atoms with Crippen molar-refractivity contribution in [2.45, 2.75) is 18.4 Å². The SMILES string of the molecule is CN1CC2(CCN(c3ncccc3F)CC2)OCC1=O. The van der Waals surface area contributed by atoms with E-state index < -0.39 is 0 Å². The highest BCUT2D eigenvalue weighted by Gasteiger charge is 2.41. The number of carbonyl (C=O) groups excluding carboxylic acids is 1. The van der Waals surface area contributed by atoms with E-state index in [0.29, 0.717) is 25.5 Å². The number of pyridine rings is 1. The van der Waals surface area contributed by atoms with Gasteiger partial charge in [-0.2, -0.15) is 0 Å². The molecule has 0 saturated carbocycles. The van der Waals surface area contributed by atoms with Gasteiger partial charge in [-0.15, -0.1) is 0 Å². The average Bonchev–Trinajstić information content (AvgIpc) is 2.45. The number of piperidine rings is 1. The Balaban J connectivity index is 1.68. The van der Waals surface area contributed by atoms with Crippen LogP contribution in [0.1, 0.15) is 12.8 Å². The molecular formula is C14H18FN3O2. The molecule has 2 aliphatic heterocycles. The maximum Gasteiger partial charge on any atom is 0.248 e. The molecule has 3 rings (SSSR count). The largest absolute Gasteiger partial charge is 0.363 e. The molecule has 0 bridgehead atoms. The van der Waals surface area contributed by atoms with Crippen LogP contribution in [0, 0.1) is 5.82 Å². The second-order valence-electron chi connectivity index (χ2n) is 5.52. The minimum atomic E-state index is -0.291. The minimum absolute atomic E-state index is 0.0221. The first-order valence-electron chi connectivity index (χ1n) is 6.83. The van der Waals surface area contributed by atoms with Crippen LogP contribution < -0.4 is 4.90 Å². The van der Waals surface area contributed by atoms with E-state index in [4.69, 9.17) is 4.74 Å². The van der Waals surface area contributed by atoms with Gasteiger partial charge < -0.3 is 14.5 Å². The molecule has 0 N–H and O–H groups in total. The van der Waals surface area contributed by atoms with Gasteiger partial charge in [-0.3, -0.25) is 4.79 Å². The Bertz CT molecular complexity index is 515. The molecule has 108 valence electrons. The van der Waals surface area contributed by atoms with Crippen LogP contribution in [0.2, 0.25) is 0 Å². The van der Waals surface area contributed by atoms with E-state index in [-0.39, 0.29) is 23.9 Å². The van der Waals surface area contributed by atoms with Gasteiger partial charge in [-0.05, 0) is 25.0 Å². The van der Waals surface area contributed by atoms with Crippen LogP contribution >= 0.6 is 0 Å². The summed E-state index contributed by atoms with van der Waals surface area (Å²) in [4.78, 5) is 19.3. The van der Waals surface area contributed by atoms with Gasteiger partial charge in [0, 0.05) is 32.9 Å². The highest BCUT2D eigenvalue weighted by Crippen LogP contribution is 2.32. The molecule has 1 amide bonds. The summed E-state index contributed by atoms with van der Waals surface area (Å²) in [5.74, 6) is 0.136. The number of halogens is 1. The van der Waals surface area contributed by atoms with Crippen molar-refractivity contribution in [3.05, 3.63) is 24.1 Å². The lowest BCUT2D eigenvalue weighted by atomic mass is 9.89. The number of anilines is 1. The standard InChI is InChI=1S/C14H18FN3O2/c1-17-10-14(20-9-12(17)19)4-7-18(8-5-14)13-11(15)3-2-6-16-13/h2-3,6H,4-5,7-10H2,1H3. The predicted molar refractivity (Wildman–Crippen MR) is 72.0 cm³/mol. The topological polar surface area (TPSA) is 45.7 Å². The van der Waals surface area contributed by atoms with Gasteiger partial charge in [-0.1, -0.05) is 0 Å². The lowest BCUT2D eigenvalue weighted by molar-refractivity contribution is -0.164. The van der Waals surface area contributed by atoms with E-state index in [1.165, 1.54) is 6.07 Å². The zero-order chi connectivity index (χ0) is 14.2. The first kappa shape index (κ1) is 13.3. The highest BCUT2D eigenvalue weighted by molar-refractivity contribution is 5.78. The van der Waals surface area contributed by atoms with Crippen molar-refractivity contribution in [1.29, 1.82) is 0 Å². The van der Waals surface area contributed by atoms with Crippen molar-refractivity contribution in [3.63, 3.8) is 0 Å². The quantitative estimate of drug-likeness (QED) is 0.771. The number of amides is 1. The first-order valence-corrected chi connectivity index (χ1v) is 6.83.